The molecule has 1 atom stereocenters. The lowest BCUT2D eigenvalue weighted by atomic mass is 10.0. The van der Waals surface area contributed by atoms with Gasteiger partial charge in [0.2, 0.25) is 0 Å². The fourth-order valence-corrected chi connectivity index (χ4v) is 4.09. The molecule has 1 N–H and O–H groups in total. The largest absolute Gasteiger partial charge is 0.507 e. The summed E-state index contributed by atoms with van der Waals surface area (Å²) in [5, 5.41) is 10.1. The van der Waals surface area contributed by atoms with Gasteiger partial charge in [0.25, 0.3) is 0 Å². The Morgan fingerprint density at radius 3 is 2.38 bits per heavy atom. The van der Waals surface area contributed by atoms with E-state index < -0.39 is 0 Å². The average molecular weight is 351 g/mol. The number of thioether (sulfide) groups is 1. The first kappa shape index (κ1) is 21.1. The molecule has 0 saturated heterocycles. The number of benzene rings is 1. The van der Waals surface area contributed by atoms with E-state index in [2.05, 4.69) is 13.8 Å². The summed E-state index contributed by atoms with van der Waals surface area (Å²) in [6, 6.07) is 5.32. The van der Waals surface area contributed by atoms with Crippen molar-refractivity contribution in [3.05, 3.63) is 29.3 Å². The molecule has 0 aliphatic rings. The number of phenols is 1. The summed E-state index contributed by atoms with van der Waals surface area (Å²) in [4.78, 5) is 12.9. The number of aromatic hydroxyl groups is 1. The van der Waals surface area contributed by atoms with Gasteiger partial charge >= 0.3 is 0 Å². The van der Waals surface area contributed by atoms with Crippen LogP contribution >= 0.6 is 11.8 Å². The number of ketones is 1. The van der Waals surface area contributed by atoms with Crippen LogP contribution in [0.3, 0.4) is 0 Å². The van der Waals surface area contributed by atoms with E-state index >= 15 is 0 Å². The maximum atomic E-state index is 12.9. The first-order valence-electron chi connectivity index (χ1n) is 9.55. The molecule has 0 unspecified atom stereocenters. The van der Waals surface area contributed by atoms with E-state index in [-0.39, 0.29) is 16.8 Å². The Bertz CT molecular complexity index is 485. The normalized spacial score (nSPS) is 12.3. The van der Waals surface area contributed by atoms with E-state index in [9.17, 15) is 9.90 Å². The van der Waals surface area contributed by atoms with E-state index in [1.54, 1.807) is 17.8 Å². The lowest BCUT2D eigenvalue weighted by molar-refractivity contribution is 0.0983. The van der Waals surface area contributed by atoms with Gasteiger partial charge in [-0.25, -0.2) is 0 Å². The molecular weight excluding hydrogens is 316 g/mol. The zero-order valence-electron chi connectivity index (χ0n) is 15.6. The zero-order valence-corrected chi connectivity index (χ0v) is 16.5. The predicted molar refractivity (Wildman–Crippen MR) is 106 cm³/mol. The van der Waals surface area contributed by atoms with Gasteiger partial charge in [0, 0.05) is 0 Å². The van der Waals surface area contributed by atoms with E-state index in [4.69, 9.17) is 0 Å². The fraction of sp³-hybridized carbons (Fsp3) is 0.667. The highest BCUT2D eigenvalue weighted by molar-refractivity contribution is 8.00. The zero-order chi connectivity index (χ0) is 17.8. The molecule has 0 radical (unpaired) electrons. The van der Waals surface area contributed by atoms with Crippen LogP contribution in [0.1, 0.15) is 87.6 Å². The standard InChI is InChI=1S/C21H34O2S/c1-4-6-8-10-12-20(24-15-11-9-7-5-2)21(23)18-16-17(3)13-14-19(18)22/h13-14,16,20,22H,4-12,15H2,1-3H3/t20-/m1/s1. The molecular formula is C21H34O2S. The Hall–Kier alpha value is -0.960. The van der Waals surface area contributed by atoms with Crippen molar-refractivity contribution in [2.45, 2.75) is 83.8 Å². The number of carbonyl (C=O) groups excluding carboxylic acids is 1. The molecule has 0 aromatic heterocycles. The van der Waals surface area contributed by atoms with E-state index in [1.165, 1.54) is 44.9 Å². The molecule has 1 aromatic carbocycles. The molecule has 0 saturated carbocycles. The number of carbonyl (C=O) groups is 1. The fourth-order valence-electron chi connectivity index (χ4n) is 2.82. The van der Waals surface area contributed by atoms with Gasteiger partial charge in [0.05, 0.1) is 10.8 Å². The van der Waals surface area contributed by atoms with Crippen molar-refractivity contribution in [1.29, 1.82) is 0 Å². The second-order valence-corrected chi connectivity index (χ2v) is 7.96. The van der Waals surface area contributed by atoms with E-state index in [0.29, 0.717) is 5.56 Å². The highest BCUT2D eigenvalue weighted by atomic mass is 32.2. The number of phenolic OH excluding ortho intramolecular Hbond substituents is 1. The summed E-state index contributed by atoms with van der Waals surface area (Å²) in [5.74, 6) is 1.26. The molecule has 0 fully saturated rings. The molecule has 0 aliphatic heterocycles. The third-order valence-corrected chi connectivity index (χ3v) is 5.72. The number of aryl methyl sites for hydroxylation is 1. The third kappa shape index (κ3) is 7.74. The maximum absolute atomic E-state index is 12.9. The average Bonchev–Trinajstić information content (AvgIpc) is 2.58. The first-order chi connectivity index (χ1) is 11.6. The highest BCUT2D eigenvalue weighted by Crippen LogP contribution is 2.28. The van der Waals surface area contributed by atoms with Gasteiger partial charge in [0.15, 0.2) is 5.78 Å². The van der Waals surface area contributed by atoms with Crippen LogP contribution in [0.15, 0.2) is 18.2 Å². The minimum atomic E-state index is -0.0174. The molecule has 0 amide bonds. The van der Waals surface area contributed by atoms with Gasteiger partial charge in [-0.3, -0.25) is 4.79 Å². The minimum absolute atomic E-state index is 0.0174. The topological polar surface area (TPSA) is 37.3 Å². The number of hydrogen-bond donors (Lipinski definition) is 1. The summed E-state index contributed by atoms with van der Waals surface area (Å²) in [7, 11) is 0. The minimum Gasteiger partial charge on any atom is -0.507 e. The molecule has 0 bridgehead atoms. The van der Waals surface area contributed by atoms with Gasteiger partial charge in [-0.2, -0.15) is 11.8 Å². The second kappa shape index (κ2) is 12.4. The van der Waals surface area contributed by atoms with E-state index in [0.717, 1.165) is 24.2 Å². The van der Waals surface area contributed by atoms with Gasteiger partial charge in [-0.05, 0) is 37.7 Å². The Morgan fingerprint density at radius 1 is 1.04 bits per heavy atom. The van der Waals surface area contributed by atoms with Crippen molar-refractivity contribution >= 4 is 17.5 Å². The van der Waals surface area contributed by atoms with Crippen molar-refractivity contribution in [2.75, 3.05) is 5.75 Å². The van der Waals surface area contributed by atoms with Crippen molar-refractivity contribution < 1.29 is 9.90 Å². The SMILES string of the molecule is CCCCCCS[C@H](CCCCCC)C(=O)c1cc(C)ccc1O. The van der Waals surface area contributed by atoms with Crippen LogP contribution in [0.4, 0.5) is 0 Å². The smallest absolute Gasteiger partial charge is 0.179 e. The monoisotopic (exact) mass is 350 g/mol. The van der Waals surface area contributed by atoms with E-state index in [1.807, 2.05) is 19.1 Å². The Morgan fingerprint density at radius 2 is 1.71 bits per heavy atom. The van der Waals surface area contributed by atoms with Crippen LogP contribution in [0.5, 0.6) is 5.75 Å². The van der Waals surface area contributed by atoms with Gasteiger partial charge in [0.1, 0.15) is 5.75 Å². The third-order valence-electron chi connectivity index (χ3n) is 4.35. The summed E-state index contributed by atoms with van der Waals surface area (Å²) in [6.07, 6.45) is 10.6. The number of Topliss-reactive ketones (excluding diaryl/α,β-unsaturated/α-hetero) is 1. The molecule has 2 nitrogen and oxygen atoms in total. The van der Waals surface area contributed by atoms with Crippen LogP contribution in [0.25, 0.3) is 0 Å². The molecule has 1 rings (SSSR count). The van der Waals surface area contributed by atoms with Crippen LogP contribution in [0, 0.1) is 6.92 Å². The molecule has 0 heterocycles. The highest BCUT2D eigenvalue weighted by Gasteiger charge is 2.22. The van der Waals surface area contributed by atoms with Gasteiger partial charge in [-0.1, -0.05) is 70.4 Å². The summed E-state index contributed by atoms with van der Waals surface area (Å²) in [6.45, 7) is 6.38. The Balaban J connectivity index is 2.67. The summed E-state index contributed by atoms with van der Waals surface area (Å²) < 4.78 is 0. The molecule has 136 valence electrons. The molecule has 24 heavy (non-hydrogen) atoms. The van der Waals surface area contributed by atoms with Crippen LogP contribution in [0.2, 0.25) is 0 Å². The quantitative estimate of drug-likeness (QED) is 0.324. The molecule has 1 aromatic rings. The predicted octanol–water partition coefficient (Wildman–Crippen LogP) is 6.54. The molecule has 3 heteroatoms. The van der Waals surface area contributed by atoms with Crippen LogP contribution < -0.4 is 0 Å². The molecule has 0 aliphatic carbocycles. The van der Waals surface area contributed by atoms with Crippen LogP contribution in [-0.2, 0) is 0 Å². The summed E-state index contributed by atoms with van der Waals surface area (Å²) in [5.41, 5.74) is 1.52. The summed E-state index contributed by atoms with van der Waals surface area (Å²) >= 11 is 1.79. The van der Waals surface area contributed by atoms with Crippen molar-refractivity contribution in [3.8, 4) is 5.75 Å². The lowest BCUT2D eigenvalue weighted by Crippen LogP contribution is -2.18. The first-order valence-corrected chi connectivity index (χ1v) is 10.6. The molecule has 0 spiro atoms. The Labute approximate surface area is 152 Å². The van der Waals surface area contributed by atoms with Crippen molar-refractivity contribution in [3.63, 3.8) is 0 Å². The Kier molecular flexibility index (Phi) is 10.9. The number of unbranched alkanes of at least 4 members (excludes halogenated alkanes) is 6. The maximum Gasteiger partial charge on any atom is 0.179 e. The van der Waals surface area contributed by atoms with Crippen molar-refractivity contribution in [2.24, 2.45) is 0 Å². The van der Waals surface area contributed by atoms with Crippen molar-refractivity contribution in [1.82, 2.24) is 0 Å². The number of hydrogen-bond acceptors (Lipinski definition) is 3. The van der Waals surface area contributed by atoms with Gasteiger partial charge in [-0.15, -0.1) is 0 Å². The van der Waals surface area contributed by atoms with Gasteiger partial charge < -0.3 is 5.11 Å². The lowest BCUT2D eigenvalue weighted by Gasteiger charge is -2.17. The van der Waals surface area contributed by atoms with Crippen LogP contribution in [-0.4, -0.2) is 21.9 Å². The second-order valence-electron chi connectivity index (χ2n) is 6.65. The number of rotatable bonds is 13.